The summed E-state index contributed by atoms with van der Waals surface area (Å²) in [5.41, 5.74) is 3.76. The van der Waals surface area contributed by atoms with Crippen LogP contribution >= 0.6 is 34.8 Å². The van der Waals surface area contributed by atoms with Gasteiger partial charge < -0.3 is 0 Å². The maximum Gasteiger partial charge on any atom is 0.123 e. The van der Waals surface area contributed by atoms with Gasteiger partial charge in [0.2, 0.25) is 0 Å². The zero-order valence-electron chi connectivity index (χ0n) is 9.50. The highest BCUT2D eigenvalue weighted by atomic mass is 35.5. The molecule has 0 spiro atoms. The number of hydrogen-bond acceptors (Lipinski definition) is 2. The molecule has 0 amide bonds. The predicted octanol–water partition coefficient (Wildman–Crippen LogP) is 5.23. The number of hydrogen-bond donors (Lipinski definition) is 1. The topological polar surface area (TPSA) is 24.4 Å². The van der Waals surface area contributed by atoms with E-state index >= 15 is 0 Å². The number of hydrazone groups is 1. The van der Waals surface area contributed by atoms with Crippen LogP contribution in [0, 0.1) is 5.82 Å². The fourth-order valence-electron chi connectivity index (χ4n) is 1.41. The molecule has 2 nitrogen and oxygen atoms in total. The summed E-state index contributed by atoms with van der Waals surface area (Å²) in [6.45, 7) is 0. The molecule has 0 aromatic heterocycles. The van der Waals surface area contributed by atoms with Gasteiger partial charge in [-0.15, -0.1) is 0 Å². The molecular formula is C13H8Cl3FN2. The largest absolute Gasteiger partial charge is 0.275 e. The molecule has 1 N–H and O–H groups in total. The lowest BCUT2D eigenvalue weighted by Gasteiger charge is -2.06. The quantitative estimate of drug-likeness (QED) is 0.608. The van der Waals surface area contributed by atoms with E-state index in [1.54, 1.807) is 24.3 Å². The van der Waals surface area contributed by atoms with Gasteiger partial charge in [-0.1, -0.05) is 46.9 Å². The summed E-state index contributed by atoms with van der Waals surface area (Å²) in [5.74, 6) is -0.327. The van der Waals surface area contributed by atoms with Gasteiger partial charge in [-0.25, -0.2) is 4.39 Å². The van der Waals surface area contributed by atoms with Crippen molar-refractivity contribution < 1.29 is 4.39 Å². The molecule has 0 saturated heterocycles. The van der Waals surface area contributed by atoms with Crippen molar-refractivity contribution in [1.29, 1.82) is 0 Å². The van der Waals surface area contributed by atoms with Crippen molar-refractivity contribution in [2.24, 2.45) is 5.10 Å². The summed E-state index contributed by atoms with van der Waals surface area (Å²) in [7, 11) is 0. The van der Waals surface area contributed by atoms with Gasteiger partial charge in [0.1, 0.15) is 5.82 Å². The lowest BCUT2D eigenvalue weighted by Crippen LogP contribution is -1.93. The van der Waals surface area contributed by atoms with Gasteiger partial charge >= 0.3 is 0 Å². The van der Waals surface area contributed by atoms with Gasteiger partial charge in [0.15, 0.2) is 0 Å². The Balaban J connectivity index is 2.15. The monoisotopic (exact) mass is 316 g/mol. The minimum absolute atomic E-state index is 0.327. The Hall–Kier alpha value is -1.29. The number of nitrogens with one attached hydrogen (secondary N) is 1. The number of nitrogens with zero attached hydrogens (tertiary/aromatic N) is 1. The Labute approximate surface area is 124 Å². The maximum absolute atomic E-state index is 13.0. The van der Waals surface area contributed by atoms with Crippen LogP contribution in [0.4, 0.5) is 10.1 Å². The highest BCUT2D eigenvalue weighted by molar-refractivity contribution is 6.41. The zero-order chi connectivity index (χ0) is 13.8. The summed E-state index contributed by atoms with van der Waals surface area (Å²) in [6.07, 6.45) is 1.46. The molecule has 19 heavy (non-hydrogen) atoms. The lowest BCUT2D eigenvalue weighted by atomic mass is 10.2. The van der Waals surface area contributed by atoms with Crippen LogP contribution in [0.15, 0.2) is 41.5 Å². The molecular weight excluding hydrogens is 310 g/mol. The SMILES string of the molecule is Fc1cccc(/C=N\Nc2c(Cl)cc(Cl)cc2Cl)c1. The highest BCUT2D eigenvalue weighted by Crippen LogP contribution is 2.33. The Morgan fingerprint density at radius 2 is 1.74 bits per heavy atom. The summed E-state index contributed by atoms with van der Waals surface area (Å²) < 4.78 is 13.0. The van der Waals surface area contributed by atoms with Crippen LogP contribution in [0.25, 0.3) is 0 Å². The minimum atomic E-state index is -0.327. The molecule has 0 heterocycles. The molecule has 2 aromatic rings. The molecule has 0 saturated carbocycles. The van der Waals surface area contributed by atoms with Crippen molar-refractivity contribution in [3.63, 3.8) is 0 Å². The molecule has 2 rings (SSSR count). The van der Waals surface area contributed by atoms with Gasteiger partial charge in [0.25, 0.3) is 0 Å². The summed E-state index contributed by atoms with van der Waals surface area (Å²) in [5, 5.41) is 5.10. The summed E-state index contributed by atoms with van der Waals surface area (Å²) >= 11 is 17.7. The van der Waals surface area contributed by atoms with E-state index in [4.69, 9.17) is 34.8 Å². The molecule has 98 valence electrons. The van der Waals surface area contributed by atoms with E-state index in [1.165, 1.54) is 18.3 Å². The fraction of sp³-hybridized carbons (Fsp3) is 0. The second-order valence-electron chi connectivity index (χ2n) is 3.67. The molecule has 0 aliphatic rings. The number of halogens is 4. The molecule has 0 aliphatic heterocycles. The van der Waals surface area contributed by atoms with Crippen LogP contribution < -0.4 is 5.43 Å². The summed E-state index contributed by atoms with van der Waals surface area (Å²) in [4.78, 5) is 0. The van der Waals surface area contributed by atoms with Crippen LogP contribution in [0.2, 0.25) is 15.1 Å². The van der Waals surface area contributed by atoms with Crippen LogP contribution in [0.5, 0.6) is 0 Å². The molecule has 0 bridgehead atoms. The lowest BCUT2D eigenvalue weighted by molar-refractivity contribution is 0.627. The summed E-state index contributed by atoms with van der Waals surface area (Å²) in [6, 6.07) is 9.14. The normalized spacial score (nSPS) is 10.9. The fourth-order valence-corrected chi connectivity index (χ4v) is 2.31. The molecule has 2 aromatic carbocycles. The van der Waals surface area contributed by atoms with Crippen LogP contribution in [0.3, 0.4) is 0 Å². The van der Waals surface area contributed by atoms with E-state index < -0.39 is 0 Å². The Morgan fingerprint density at radius 3 is 2.37 bits per heavy atom. The van der Waals surface area contributed by atoms with Crippen molar-refractivity contribution >= 4 is 46.7 Å². The first-order valence-electron chi connectivity index (χ1n) is 5.25. The minimum Gasteiger partial charge on any atom is -0.275 e. The molecule has 0 fully saturated rings. The average molecular weight is 318 g/mol. The van der Waals surface area contributed by atoms with Crippen molar-refractivity contribution in [2.45, 2.75) is 0 Å². The van der Waals surface area contributed by atoms with E-state index in [-0.39, 0.29) is 5.82 Å². The smallest absolute Gasteiger partial charge is 0.123 e. The number of rotatable bonds is 3. The van der Waals surface area contributed by atoms with E-state index in [1.807, 2.05) is 0 Å². The second-order valence-corrected chi connectivity index (χ2v) is 4.92. The third-order valence-electron chi connectivity index (χ3n) is 2.25. The molecule has 0 unspecified atom stereocenters. The Kier molecular flexibility index (Phi) is 4.64. The molecule has 0 aliphatic carbocycles. The van der Waals surface area contributed by atoms with E-state index in [0.29, 0.717) is 26.3 Å². The van der Waals surface area contributed by atoms with Gasteiger partial charge in [0.05, 0.1) is 21.9 Å². The third-order valence-corrected chi connectivity index (χ3v) is 3.06. The van der Waals surface area contributed by atoms with Crippen LogP contribution in [-0.2, 0) is 0 Å². The van der Waals surface area contributed by atoms with Crippen LogP contribution in [-0.4, -0.2) is 6.21 Å². The number of benzene rings is 2. The third kappa shape index (κ3) is 3.83. The molecule has 6 heteroatoms. The standard InChI is InChI=1S/C13H8Cl3FN2/c14-9-5-11(15)13(12(16)6-9)19-18-7-8-2-1-3-10(17)4-8/h1-7,19H/b18-7-. The zero-order valence-corrected chi connectivity index (χ0v) is 11.8. The van der Waals surface area contributed by atoms with Gasteiger partial charge in [-0.3, -0.25) is 5.43 Å². The van der Waals surface area contributed by atoms with Crippen molar-refractivity contribution in [2.75, 3.05) is 5.43 Å². The highest BCUT2D eigenvalue weighted by Gasteiger charge is 2.06. The van der Waals surface area contributed by atoms with E-state index in [9.17, 15) is 4.39 Å². The molecule has 0 radical (unpaired) electrons. The van der Waals surface area contributed by atoms with E-state index in [0.717, 1.165) is 0 Å². The first kappa shape index (κ1) is 14.1. The first-order valence-corrected chi connectivity index (χ1v) is 6.39. The van der Waals surface area contributed by atoms with Gasteiger partial charge in [0, 0.05) is 5.02 Å². The Morgan fingerprint density at radius 1 is 1.05 bits per heavy atom. The Bertz CT molecular complexity index is 606. The molecule has 0 atom stereocenters. The van der Waals surface area contributed by atoms with Gasteiger partial charge in [-0.2, -0.15) is 5.10 Å². The predicted molar refractivity (Wildman–Crippen MR) is 79.1 cm³/mol. The van der Waals surface area contributed by atoms with Crippen LogP contribution in [0.1, 0.15) is 5.56 Å². The van der Waals surface area contributed by atoms with Crippen molar-refractivity contribution in [3.05, 3.63) is 62.8 Å². The number of anilines is 1. The van der Waals surface area contributed by atoms with E-state index in [2.05, 4.69) is 10.5 Å². The second kappa shape index (κ2) is 6.24. The van der Waals surface area contributed by atoms with Crippen molar-refractivity contribution in [1.82, 2.24) is 0 Å². The first-order chi connectivity index (χ1) is 9.06. The van der Waals surface area contributed by atoms with Gasteiger partial charge in [-0.05, 0) is 29.8 Å². The van der Waals surface area contributed by atoms with Crippen molar-refractivity contribution in [3.8, 4) is 0 Å². The maximum atomic E-state index is 13.0. The average Bonchev–Trinajstić information content (AvgIpc) is 2.32.